The zero-order valence-corrected chi connectivity index (χ0v) is 12.4. The van der Waals surface area contributed by atoms with E-state index in [1.165, 1.54) is 0 Å². The molecule has 2 aromatic carbocycles. The fourth-order valence-corrected chi connectivity index (χ4v) is 2.84. The molecule has 0 fully saturated rings. The number of nitrogens with zero attached hydrogens (tertiary/aromatic N) is 1. The minimum absolute atomic E-state index is 0.169. The molecule has 0 spiro atoms. The number of rotatable bonds is 4. The van der Waals surface area contributed by atoms with Gasteiger partial charge >= 0.3 is 0 Å². The van der Waals surface area contributed by atoms with Crippen molar-refractivity contribution >= 4 is 29.2 Å². The number of aromatic nitrogens is 1. The summed E-state index contributed by atoms with van der Waals surface area (Å²) in [6.45, 7) is 0. The lowest BCUT2D eigenvalue weighted by molar-refractivity contribution is 0.112. The molecule has 3 rings (SSSR count). The Balaban J connectivity index is 1.97. The van der Waals surface area contributed by atoms with Gasteiger partial charge in [0, 0.05) is 5.56 Å². The lowest BCUT2D eigenvalue weighted by Crippen LogP contribution is -1.87. The second kappa shape index (κ2) is 6.08. The lowest BCUT2D eigenvalue weighted by atomic mass is 10.1. The van der Waals surface area contributed by atoms with Gasteiger partial charge in [-0.05, 0) is 11.6 Å². The lowest BCUT2D eigenvalue weighted by Gasteiger charge is -2.08. The summed E-state index contributed by atoms with van der Waals surface area (Å²) in [5.74, 6) is 0.673. The van der Waals surface area contributed by atoms with Crippen molar-refractivity contribution in [3.63, 3.8) is 0 Å². The first-order valence-electron chi connectivity index (χ1n) is 6.22. The molecule has 0 radical (unpaired) electrons. The van der Waals surface area contributed by atoms with Gasteiger partial charge in [0.1, 0.15) is 10.6 Å². The molecule has 0 amide bonds. The molecule has 1 heterocycles. The number of ether oxygens (including phenoxy) is 1. The van der Waals surface area contributed by atoms with E-state index in [1.807, 2.05) is 54.6 Å². The zero-order chi connectivity index (χ0) is 14.7. The Morgan fingerprint density at radius 3 is 2.48 bits per heavy atom. The van der Waals surface area contributed by atoms with Crippen LogP contribution >= 0.6 is 22.9 Å². The third-order valence-electron chi connectivity index (χ3n) is 2.87. The molecule has 3 nitrogen and oxygen atoms in total. The van der Waals surface area contributed by atoms with Gasteiger partial charge < -0.3 is 4.74 Å². The number of carbonyl (C=O) groups is 1. The van der Waals surface area contributed by atoms with E-state index in [0.717, 1.165) is 22.5 Å². The van der Waals surface area contributed by atoms with Crippen LogP contribution in [0.25, 0.3) is 11.1 Å². The Labute approximate surface area is 130 Å². The van der Waals surface area contributed by atoms with E-state index >= 15 is 0 Å². The molecule has 0 aliphatic heterocycles. The Morgan fingerprint density at radius 1 is 1.05 bits per heavy atom. The summed E-state index contributed by atoms with van der Waals surface area (Å²) in [4.78, 5) is 15.2. The number of benzene rings is 2. The first-order chi connectivity index (χ1) is 10.3. The molecular formula is C16H10ClNO2S. The minimum Gasteiger partial charge on any atom is -0.430 e. The minimum atomic E-state index is 0.169. The van der Waals surface area contributed by atoms with Crippen molar-refractivity contribution in [3.05, 3.63) is 64.6 Å². The van der Waals surface area contributed by atoms with E-state index in [-0.39, 0.29) is 5.15 Å². The first kappa shape index (κ1) is 13.8. The summed E-state index contributed by atoms with van der Waals surface area (Å²) in [7, 11) is 0. The normalized spacial score (nSPS) is 10.3. The highest BCUT2D eigenvalue weighted by molar-refractivity contribution is 7.15. The van der Waals surface area contributed by atoms with E-state index < -0.39 is 0 Å². The third kappa shape index (κ3) is 2.96. The molecule has 5 heteroatoms. The van der Waals surface area contributed by atoms with Crippen LogP contribution in [0.4, 0.5) is 0 Å². The second-order valence-corrected chi connectivity index (χ2v) is 5.57. The van der Waals surface area contributed by atoms with Gasteiger partial charge in [0.2, 0.25) is 0 Å². The maximum atomic E-state index is 10.8. The van der Waals surface area contributed by atoms with Crippen molar-refractivity contribution in [2.75, 3.05) is 0 Å². The number of hydrogen-bond donors (Lipinski definition) is 0. The number of hydrogen-bond acceptors (Lipinski definition) is 4. The number of para-hydroxylation sites is 1. The molecule has 0 saturated carbocycles. The molecule has 0 atom stereocenters. The van der Waals surface area contributed by atoms with E-state index in [9.17, 15) is 4.79 Å². The molecule has 21 heavy (non-hydrogen) atoms. The van der Waals surface area contributed by atoms with Crippen LogP contribution in [-0.4, -0.2) is 11.3 Å². The summed E-state index contributed by atoms with van der Waals surface area (Å²) in [6.07, 6.45) is 0.677. The van der Waals surface area contributed by atoms with Gasteiger partial charge in [0.05, 0.1) is 0 Å². The molecular weight excluding hydrogens is 306 g/mol. The van der Waals surface area contributed by atoms with Gasteiger partial charge in [0.25, 0.3) is 5.19 Å². The van der Waals surface area contributed by atoms with Crippen LogP contribution in [0.3, 0.4) is 0 Å². The Kier molecular flexibility index (Phi) is 3.99. The largest absolute Gasteiger partial charge is 0.430 e. The summed E-state index contributed by atoms with van der Waals surface area (Å²) in [6, 6.07) is 17.6. The highest BCUT2D eigenvalue weighted by Crippen LogP contribution is 2.36. The van der Waals surface area contributed by atoms with E-state index in [1.54, 1.807) is 0 Å². The monoisotopic (exact) mass is 315 g/mol. The van der Waals surface area contributed by atoms with Crippen LogP contribution < -0.4 is 4.74 Å². The number of aldehydes is 1. The van der Waals surface area contributed by atoms with Gasteiger partial charge in [-0.1, -0.05) is 71.5 Å². The molecule has 104 valence electrons. The highest BCUT2D eigenvalue weighted by atomic mass is 35.5. The Bertz CT molecular complexity index is 771. The van der Waals surface area contributed by atoms with Crippen LogP contribution in [0.15, 0.2) is 54.6 Å². The quantitative estimate of drug-likeness (QED) is 0.631. The predicted octanol–water partition coefficient (Wildman–Crippen LogP) is 5.07. The zero-order valence-electron chi connectivity index (χ0n) is 10.8. The Morgan fingerprint density at radius 2 is 1.76 bits per heavy atom. The fourth-order valence-electron chi connectivity index (χ4n) is 1.92. The molecule has 0 N–H and O–H groups in total. The van der Waals surface area contributed by atoms with Gasteiger partial charge in [-0.25, -0.2) is 0 Å². The third-order valence-corrected chi connectivity index (χ3v) is 4.13. The maximum absolute atomic E-state index is 10.8. The fraction of sp³-hybridized carbons (Fsp3) is 0. The molecule has 1 aromatic heterocycles. The van der Waals surface area contributed by atoms with Crippen molar-refractivity contribution in [2.45, 2.75) is 0 Å². The predicted molar refractivity (Wildman–Crippen MR) is 84.5 cm³/mol. The van der Waals surface area contributed by atoms with E-state index in [2.05, 4.69) is 4.98 Å². The van der Waals surface area contributed by atoms with Crippen molar-refractivity contribution in [1.29, 1.82) is 0 Å². The average molecular weight is 316 g/mol. The van der Waals surface area contributed by atoms with Crippen LogP contribution in [0.5, 0.6) is 10.9 Å². The molecule has 0 bridgehead atoms. The van der Waals surface area contributed by atoms with Gasteiger partial charge in [0.15, 0.2) is 11.4 Å². The topological polar surface area (TPSA) is 39.2 Å². The van der Waals surface area contributed by atoms with Gasteiger partial charge in [-0.3, -0.25) is 4.79 Å². The van der Waals surface area contributed by atoms with Crippen molar-refractivity contribution in [2.24, 2.45) is 0 Å². The van der Waals surface area contributed by atoms with Crippen LogP contribution in [-0.2, 0) is 0 Å². The van der Waals surface area contributed by atoms with Crippen LogP contribution in [0, 0.1) is 0 Å². The standard InChI is InChI=1S/C16H10ClNO2S/c17-15-14(10-19)21-16(18-15)20-13-9-5-4-8-12(13)11-6-2-1-3-7-11/h1-10H. The Hall–Kier alpha value is -2.17. The molecule has 0 unspecified atom stereocenters. The number of halogens is 1. The van der Waals surface area contributed by atoms with E-state index in [4.69, 9.17) is 16.3 Å². The highest BCUT2D eigenvalue weighted by Gasteiger charge is 2.12. The molecule has 0 aliphatic rings. The molecule has 0 aliphatic carbocycles. The van der Waals surface area contributed by atoms with Crippen LogP contribution in [0.1, 0.15) is 9.67 Å². The van der Waals surface area contributed by atoms with Crippen molar-refractivity contribution in [1.82, 2.24) is 4.98 Å². The summed E-state index contributed by atoms with van der Waals surface area (Å²) in [5, 5.41) is 0.521. The van der Waals surface area contributed by atoms with Crippen molar-refractivity contribution < 1.29 is 9.53 Å². The maximum Gasteiger partial charge on any atom is 0.280 e. The number of carbonyl (C=O) groups excluding carboxylic acids is 1. The van der Waals surface area contributed by atoms with Crippen LogP contribution in [0.2, 0.25) is 5.15 Å². The van der Waals surface area contributed by atoms with Crippen molar-refractivity contribution in [3.8, 4) is 22.1 Å². The summed E-state index contributed by atoms with van der Waals surface area (Å²) in [5.41, 5.74) is 2.00. The second-order valence-electron chi connectivity index (χ2n) is 4.22. The van der Waals surface area contributed by atoms with Gasteiger partial charge in [-0.2, -0.15) is 4.98 Å². The van der Waals surface area contributed by atoms with Gasteiger partial charge in [-0.15, -0.1) is 0 Å². The molecule has 3 aromatic rings. The molecule has 0 saturated heterocycles. The SMILES string of the molecule is O=Cc1sc(Oc2ccccc2-c2ccccc2)nc1Cl. The average Bonchev–Trinajstić information content (AvgIpc) is 2.88. The number of thiazole rings is 1. The first-order valence-corrected chi connectivity index (χ1v) is 7.41. The summed E-state index contributed by atoms with van der Waals surface area (Å²) < 4.78 is 5.79. The van der Waals surface area contributed by atoms with E-state index in [0.29, 0.717) is 22.1 Å². The summed E-state index contributed by atoms with van der Waals surface area (Å²) >= 11 is 6.98. The smallest absolute Gasteiger partial charge is 0.280 e.